The Labute approximate surface area is 107 Å². The van der Waals surface area contributed by atoms with E-state index in [4.69, 9.17) is 5.11 Å². The van der Waals surface area contributed by atoms with Gasteiger partial charge >= 0.3 is 0 Å². The zero-order chi connectivity index (χ0) is 13.2. The maximum atomic E-state index is 12.2. The highest BCUT2D eigenvalue weighted by atomic mass is 32.2. The van der Waals surface area contributed by atoms with Gasteiger partial charge in [0.2, 0.25) is 10.0 Å². The molecule has 0 spiro atoms. The maximum Gasteiger partial charge on any atom is 0.244 e. The quantitative estimate of drug-likeness (QED) is 0.790. The van der Waals surface area contributed by atoms with Crippen molar-refractivity contribution in [1.82, 2.24) is 14.5 Å². The van der Waals surface area contributed by atoms with E-state index < -0.39 is 10.0 Å². The van der Waals surface area contributed by atoms with E-state index in [9.17, 15) is 8.42 Å². The molecule has 0 aromatic carbocycles. The second-order valence-electron chi connectivity index (χ2n) is 4.76. The molecule has 1 aromatic rings. The highest BCUT2D eigenvalue weighted by Crippen LogP contribution is 2.35. The first-order chi connectivity index (χ1) is 8.51. The van der Waals surface area contributed by atoms with Crippen LogP contribution in [-0.4, -0.2) is 35.5 Å². The standard InChI is InChI=1S/C11H19N3O3S/c1-2-11(4-3-5-11)13-18(16,17)10-8-12-14(9-10)6-7-15/h8-9,13,15H,2-7H2,1H3. The SMILES string of the molecule is CCC1(NS(=O)(=O)c2cnn(CCO)c2)CCC1. The summed E-state index contributed by atoms with van der Waals surface area (Å²) >= 11 is 0. The average molecular weight is 273 g/mol. The van der Waals surface area contributed by atoms with E-state index in [1.165, 1.54) is 17.1 Å². The van der Waals surface area contributed by atoms with E-state index in [0.29, 0.717) is 6.54 Å². The molecule has 0 unspecified atom stereocenters. The lowest BCUT2D eigenvalue weighted by atomic mass is 9.76. The van der Waals surface area contributed by atoms with Gasteiger partial charge in [-0.2, -0.15) is 5.10 Å². The zero-order valence-corrected chi connectivity index (χ0v) is 11.3. The Morgan fingerprint density at radius 2 is 2.28 bits per heavy atom. The highest BCUT2D eigenvalue weighted by Gasteiger charge is 2.39. The van der Waals surface area contributed by atoms with Gasteiger partial charge in [0.15, 0.2) is 0 Å². The van der Waals surface area contributed by atoms with Crippen molar-refractivity contribution in [1.29, 1.82) is 0 Å². The number of nitrogens with zero attached hydrogens (tertiary/aromatic N) is 2. The average Bonchev–Trinajstić information content (AvgIpc) is 2.73. The van der Waals surface area contributed by atoms with E-state index >= 15 is 0 Å². The lowest BCUT2D eigenvalue weighted by Crippen LogP contribution is -2.52. The van der Waals surface area contributed by atoms with Crippen molar-refractivity contribution in [2.45, 2.75) is 49.6 Å². The van der Waals surface area contributed by atoms with Gasteiger partial charge in [-0.15, -0.1) is 0 Å². The molecular weight excluding hydrogens is 254 g/mol. The van der Waals surface area contributed by atoms with Gasteiger partial charge in [-0.3, -0.25) is 4.68 Å². The predicted octanol–water partition coefficient (Wildman–Crippen LogP) is 0.486. The first-order valence-corrected chi connectivity index (χ1v) is 7.67. The summed E-state index contributed by atoms with van der Waals surface area (Å²) in [5, 5.41) is 12.7. The molecule has 1 fully saturated rings. The number of hydrogen-bond donors (Lipinski definition) is 2. The van der Waals surface area contributed by atoms with Crippen molar-refractivity contribution in [2.75, 3.05) is 6.61 Å². The second-order valence-corrected chi connectivity index (χ2v) is 6.44. The molecule has 2 N–H and O–H groups in total. The van der Waals surface area contributed by atoms with Crippen molar-refractivity contribution in [3.05, 3.63) is 12.4 Å². The Morgan fingerprint density at radius 1 is 1.56 bits per heavy atom. The lowest BCUT2D eigenvalue weighted by molar-refractivity contribution is 0.214. The topological polar surface area (TPSA) is 84.2 Å². The third-order valence-electron chi connectivity index (χ3n) is 3.59. The van der Waals surface area contributed by atoms with Crippen molar-refractivity contribution < 1.29 is 13.5 Å². The van der Waals surface area contributed by atoms with Crippen LogP contribution in [0.1, 0.15) is 32.6 Å². The molecule has 2 rings (SSSR count). The number of aromatic nitrogens is 2. The predicted molar refractivity (Wildman–Crippen MR) is 66.5 cm³/mol. The number of aliphatic hydroxyl groups excluding tert-OH is 1. The summed E-state index contributed by atoms with van der Waals surface area (Å²) in [5.74, 6) is 0. The van der Waals surface area contributed by atoms with Gasteiger partial charge in [-0.25, -0.2) is 13.1 Å². The molecule has 1 aromatic heterocycles. The van der Waals surface area contributed by atoms with Crippen molar-refractivity contribution in [3.8, 4) is 0 Å². The van der Waals surface area contributed by atoms with E-state index in [-0.39, 0.29) is 17.0 Å². The van der Waals surface area contributed by atoms with Gasteiger partial charge in [0.1, 0.15) is 4.90 Å². The monoisotopic (exact) mass is 273 g/mol. The summed E-state index contributed by atoms with van der Waals surface area (Å²) in [6.07, 6.45) is 6.43. The minimum Gasteiger partial charge on any atom is -0.394 e. The molecule has 7 heteroatoms. The number of hydrogen-bond acceptors (Lipinski definition) is 4. The molecule has 0 bridgehead atoms. The minimum atomic E-state index is -3.50. The van der Waals surface area contributed by atoms with Crippen LogP contribution in [0.4, 0.5) is 0 Å². The van der Waals surface area contributed by atoms with Crippen LogP contribution in [-0.2, 0) is 16.6 Å². The fourth-order valence-corrected chi connectivity index (χ4v) is 3.67. The van der Waals surface area contributed by atoms with Crippen LogP contribution in [0.2, 0.25) is 0 Å². The van der Waals surface area contributed by atoms with Gasteiger partial charge in [-0.1, -0.05) is 6.92 Å². The van der Waals surface area contributed by atoms with Crippen LogP contribution in [0.15, 0.2) is 17.3 Å². The van der Waals surface area contributed by atoms with E-state index in [1.807, 2.05) is 6.92 Å². The van der Waals surface area contributed by atoms with Crippen LogP contribution in [0.25, 0.3) is 0 Å². The Kier molecular flexibility index (Phi) is 3.74. The highest BCUT2D eigenvalue weighted by molar-refractivity contribution is 7.89. The summed E-state index contributed by atoms with van der Waals surface area (Å²) in [7, 11) is -3.50. The van der Waals surface area contributed by atoms with Gasteiger partial charge in [-0.05, 0) is 25.7 Å². The largest absolute Gasteiger partial charge is 0.394 e. The van der Waals surface area contributed by atoms with E-state index in [1.54, 1.807) is 0 Å². The van der Waals surface area contributed by atoms with Gasteiger partial charge < -0.3 is 5.11 Å². The molecule has 1 heterocycles. The molecule has 0 amide bonds. The molecule has 6 nitrogen and oxygen atoms in total. The molecule has 1 aliphatic carbocycles. The van der Waals surface area contributed by atoms with Crippen LogP contribution >= 0.6 is 0 Å². The molecule has 102 valence electrons. The Hall–Kier alpha value is -0.920. The molecule has 0 aliphatic heterocycles. The summed E-state index contributed by atoms with van der Waals surface area (Å²) in [6.45, 7) is 2.23. The third-order valence-corrected chi connectivity index (χ3v) is 5.12. The van der Waals surface area contributed by atoms with Crippen LogP contribution < -0.4 is 4.72 Å². The van der Waals surface area contributed by atoms with Crippen LogP contribution in [0.3, 0.4) is 0 Å². The number of aliphatic hydroxyl groups is 1. The Balaban J connectivity index is 2.14. The smallest absolute Gasteiger partial charge is 0.244 e. The Morgan fingerprint density at radius 3 is 2.78 bits per heavy atom. The lowest BCUT2D eigenvalue weighted by Gasteiger charge is -2.41. The zero-order valence-electron chi connectivity index (χ0n) is 10.5. The number of sulfonamides is 1. The normalized spacial score (nSPS) is 18.6. The Bertz CT molecular complexity index is 500. The van der Waals surface area contributed by atoms with Gasteiger partial charge in [0.25, 0.3) is 0 Å². The molecule has 1 aliphatic rings. The molecule has 0 radical (unpaired) electrons. The molecular formula is C11H19N3O3S. The molecule has 0 atom stereocenters. The number of rotatable bonds is 6. The molecule has 18 heavy (non-hydrogen) atoms. The second kappa shape index (κ2) is 4.99. The first-order valence-electron chi connectivity index (χ1n) is 6.19. The first kappa shape index (κ1) is 13.5. The third kappa shape index (κ3) is 2.57. The minimum absolute atomic E-state index is 0.0620. The van der Waals surface area contributed by atoms with Crippen LogP contribution in [0.5, 0.6) is 0 Å². The molecule has 0 saturated heterocycles. The summed E-state index contributed by atoms with van der Waals surface area (Å²) in [6, 6.07) is 0. The fourth-order valence-electron chi connectivity index (χ4n) is 2.18. The summed E-state index contributed by atoms with van der Waals surface area (Å²) < 4.78 is 28.6. The van der Waals surface area contributed by atoms with Crippen molar-refractivity contribution in [3.63, 3.8) is 0 Å². The maximum absolute atomic E-state index is 12.2. The van der Waals surface area contributed by atoms with Crippen LogP contribution in [0, 0.1) is 0 Å². The summed E-state index contributed by atoms with van der Waals surface area (Å²) in [4.78, 5) is 0.163. The summed E-state index contributed by atoms with van der Waals surface area (Å²) in [5.41, 5.74) is -0.266. The number of nitrogens with one attached hydrogen (secondary N) is 1. The fraction of sp³-hybridized carbons (Fsp3) is 0.727. The van der Waals surface area contributed by atoms with E-state index in [0.717, 1.165) is 25.7 Å². The van der Waals surface area contributed by atoms with Crippen molar-refractivity contribution >= 4 is 10.0 Å². The van der Waals surface area contributed by atoms with Gasteiger partial charge in [0, 0.05) is 11.7 Å². The van der Waals surface area contributed by atoms with E-state index in [2.05, 4.69) is 9.82 Å². The molecule has 1 saturated carbocycles. The van der Waals surface area contributed by atoms with Crippen molar-refractivity contribution in [2.24, 2.45) is 0 Å². The van der Waals surface area contributed by atoms with Gasteiger partial charge in [0.05, 0.1) is 19.3 Å².